The Labute approximate surface area is 187 Å². The summed E-state index contributed by atoms with van der Waals surface area (Å²) in [4.78, 5) is 23.7. The fourth-order valence-electron chi connectivity index (χ4n) is 4.11. The lowest BCUT2D eigenvalue weighted by Gasteiger charge is -2.33. The number of aromatic nitrogens is 3. The molecule has 1 fully saturated rings. The van der Waals surface area contributed by atoms with Crippen molar-refractivity contribution in [2.24, 2.45) is 0 Å². The molecule has 1 aliphatic rings. The molecule has 1 unspecified atom stereocenters. The average Bonchev–Trinajstić information content (AvgIpc) is 3.14. The zero-order valence-corrected chi connectivity index (χ0v) is 18.7. The van der Waals surface area contributed by atoms with E-state index in [9.17, 15) is 9.90 Å². The quantitative estimate of drug-likeness (QED) is 0.631. The van der Waals surface area contributed by atoms with Crippen molar-refractivity contribution in [1.82, 2.24) is 20.0 Å². The zero-order chi connectivity index (χ0) is 22.7. The number of amides is 1. The van der Waals surface area contributed by atoms with E-state index in [0.29, 0.717) is 36.8 Å². The molecule has 0 bridgehead atoms. The van der Waals surface area contributed by atoms with Crippen LogP contribution in [0.5, 0.6) is 5.75 Å². The Morgan fingerprint density at radius 3 is 2.72 bits per heavy atom. The van der Waals surface area contributed by atoms with Crippen molar-refractivity contribution in [3.63, 3.8) is 0 Å². The summed E-state index contributed by atoms with van der Waals surface area (Å²) in [6.45, 7) is 7.13. The molecule has 1 aromatic carbocycles. The first-order chi connectivity index (χ1) is 15.5. The van der Waals surface area contributed by atoms with Gasteiger partial charge in [-0.05, 0) is 57.9 Å². The molecule has 1 aliphatic heterocycles. The number of rotatable bonds is 6. The summed E-state index contributed by atoms with van der Waals surface area (Å²) >= 11 is 0. The lowest BCUT2D eigenvalue weighted by atomic mass is 9.91. The number of ether oxygens (including phenoxy) is 1. The number of likely N-dealkylation sites (tertiary alicyclic amines) is 1. The van der Waals surface area contributed by atoms with Gasteiger partial charge in [0.25, 0.3) is 5.91 Å². The Morgan fingerprint density at radius 1 is 1.25 bits per heavy atom. The minimum atomic E-state index is -0.102. The maximum atomic E-state index is 13.1. The molecule has 0 saturated carbocycles. The summed E-state index contributed by atoms with van der Waals surface area (Å²) in [5.41, 5.74) is 3.95. The van der Waals surface area contributed by atoms with Crippen molar-refractivity contribution in [3.05, 3.63) is 70.1 Å². The highest BCUT2D eigenvalue weighted by atomic mass is 16.5. The Bertz CT molecular complexity index is 1070. The SMILES string of the molecule is Cc1ncc(CO)c(C2CCCN(C(=O)c3ccc(OCc4c(C)noc4C)cc3)C2)n1. The second kappa shape index (κ2) is 9.48. The molecule has 4 rings (SSSR count). The van der Waals surface area contributed by atoms with Crippen LogP contribution in [0.4, 0.5) is 0 Å². The summed E-state index contributed by atoms with van der Waals surface area (Å²) in [6, 6.07) is 7.21. The molecule has 3 heterocycles. The molecule has 1 atom stereocenters. The van der Waals surface area contributed by atoms with E-state index < -0.39 is 0 Å². The molecule has 168 valence electrons. The van der Waals surface area contributed by atoms with Crippen LogP contribution in [-0.4, -0.2) is 44.1 Å². The zero-order valence-electron chi connectivity index (χ0n) is 18.7. The van der Waals surface area contributed by atoms with E-state index in [1.54, 1.807) is 18.3 Å². The van der Waals surface area contributed by atoms with Crippen molar-refractivity contribution in [2.75, 3.05) is 13.1 Å². The number of aliphatic hydroxyl groups is 1. The van der Waals surface area contributed by atoms with Gasteiger partial charge in [0.05, 0.1) is 23.6 Å². The van der Waals surface area contributed by atoms with Crippen LogP contribution < -0.4 is 4.74 Å². The van der Waals surface area contributed by atoms with Crippen LogP contribution in [0.2, 0.25) is 0 Å². The van der Waals surface area contributed by atoms with E-state index in [4.69, 9.17) is 9.26 Å². The highest BCUT2D eigenvalue weighted by Crippen LogP contribution is 2.29. The maximum absolute atomic E-state index is 13.1. The van der Waals surface area contributed by atoms with Gasteiger partial charge in [-0.3, -0.25) is 4.79 Å². The van der Waals surface area contributed by atoms with Gasteiger partial charge in [0.15, 0.2) is 0 Å². The van der Waals surface area contributed by atoms with Gasteiger partial charge in [-0.15, -0.1) is 0 Å². The lowest BCUT2D eigenvalue weighted by molar-refractivity contribution is 0.0705. The first-order valence-electron chi connectivity index (χ1n) is 10.8. The Hall–Kier alpha value is -3.26. The van der Waals surface area contributed by atoms with E-state index in [-0.39, 0.29) is 18.4 Å². The number of piperidine rings is 1. The molecule has 3 aromatic rings. The molecule has 0 aliphatic carbocycles. The fraction of sp³-hybridized carbons (Fsp3) is 0.417. The van der Waals surface area contributed by atoms with Gasteiger partial charge >= 0.3 is 0 Å². The minimum Gasteiger partial charge on any atom is -0.489 e. The molecule has 1 amide bonds. The molecular formula is C24H28N4O4. The fourth-order valence-corrected chi connectivity index (χ4v) is 4.11. The first kappa shape index (κ1) is 22.0. The number of carbonyl (C=O) groups excluding carboxylic acids is 1. The second-order valence-electron chi connectivity index (χ2n) is 8.19. The summed E-state index contributed by atoms with van der Waals surface area (Å²) in [5.74, 6) is 2.18. The molecule has 32 heavy (non-hydrogen) atoms. The van der Waals surface area contributed by atoms with Crippen molar-refractivity contribution in [3.8, 4) is 5.75 Å². The van der Waals surface area contributed by atoms with Crippen LogP contribution in [0.25, 0.3) is 0 Å². The predicted octanol–water partition coefficient (Wildman–Crippen LogP) is 3.48. The molecule has 2 aromatic heterocycles. The number of aliphatic hydroxyl groups excluding tert-OH is 1. The largest absolute Gasteiger partial charge is 0.489 e. The van der Waals surface area contributed by atoms with E-state index in [1.165, 1.54) is 0 Å². The maximum Gasteiger partial charge on any atom is 0.253 e. The van der Waals surface area contributed by atoms with E-state index in [1.807, 2.05) is 37.8 Å². The molecule has 0 radical (unpaired) electrons. The molecule has 8 heteroatoms. The summed E-state index contributed by atoms with van der Waals surface area (Å²) in [6.07, 6.45) is 3.50. The van der Waals surface area contributed by atoms with Crippen LogP contribution in [0.3, 0.4) is 0 Å². The van der Waals surface area contributed by atoms with Gasteiger partial charge in [0.1, 0.15) is 23.9 Å². The van der Waals surface area contributed by atoms with Crippen LogP contribution in [0.15, 0.2) is 35.0 Å². The lowest BCUT2D eigenvalue weighted by Crippen LogP contribution is -2.39. The van der Waals surface area contributed by atoms with Crippen LogP contribution in [0, 0.1) is 20.8 Å². The molecule has 0 spiro atoms. The third-order valence-electron chi connectivity index (χ3n) is 5.95. The molecule has 1 N–H and O–H groups in total. The summed E-state index contributed by atoms with van der Waals surface area (Å²) in [5, 5.41) is 13.6. The predicted molar refractivity (Wildman–Crippen MR) is 117 cm³/mol. The van der Waals surface area contributed by atoms with Crippen molar-refractivity contribution in [1.29, 1.82) is 0 Å². The van der Waals surface area contributed by atoms with Gasteiger partial charge in [-0.2, -0.15) is 0 Å². The van der Waals surface area contributed by atoms with Crippen molar-refractivity contribution >= 4 is 5.91 Å². The number of carbonyl (C=O) groups is 1. The normalized spacial score (nSPS) is 16.2. The number of aryl methyl sites for hydroxylation is 3. The second-order valence-corrected chi connectivity index (χ2v) is 8.19. The third-order valence-corrected chi connectivity index (χ3v) is 5.95. The molecular weight excluding hydrogens is 408 g/mol. The monoisotopic (exact) mass is 436 g/mol. The number of benzene rings is 1. The van der Waals surface area contributed by atoms with Crippen LogP contribution in [0.1, 0.15) is 63.2 Å². The Morgan fingerprint density at radius 2 is 2.03 bits per heavy atom. The molecule has 1 saturated heterocycles. The van der Waals surface area contributed by atoms with Gasteiger partial charge in [0, 0.05) is 36.3 Å². The van der Waals surface area contributed by atoms with E-state index >= 15 is 0 Å². The van der Waals surface area contributed by atoms with Crippen molar-refractivity contribution < 1.29 is 19.2 Å². The minimum absolute atomic E-state index is 0.0108. The Kier molecular flexibility index (Phi) is 6.50. The van der Waals surface area contributed by atoms with E-state index in [0.717, 1.165) is 41.1 Å². The van der Waals surface area contributed by atoms with Crippen molar-refractivity contribution in [2.45, 2.75) is 52.7 Å². The standard InChI is InChI=1S/C24H28N4O4/c1-15-22(16(2)32-27-15)14-31-21-8-6-18(7-9-21)24(30)28-10-4-5-19(12-28)23-20(13-29)11-25-17(3)26-23/h6-9,11,19,29H,4-5,10,12-14H2,1-3H3. The average molecular weight is 437 g/mol. The third kappa shape index (κ3) is 4.65. The smallest absolute Gasteiger partial charge is 0.253 e. The van der Waals surface area contributed by atoms with Gasteiger partial charge in [0.2, 0.25) is 0 Å². The summed E-state index contributed by atoms with van der Waals surface area (Å²) < 4.78 is 11.0. The number of hydrogen-bond donors (Lipinski definition) is 1. The van der Waals surface area contributed by atoms with Crippen LogP contribution in [-0.2, 0) is 13.2 Å². The number of hydrogen-bond acceptors (Lipinski definition) is 7. The highest BCUT2D eigenvalue weighted by Gasteiger charge is 2.28. The van der Waals surface area contributed by atoms with Gasteiger partial charge in [-0.25, -0.2) is 9.97 Å². The van der Waals surface area contributed by atoms with E-state index in [2.05, 4.69) is 15.1 Å². The number of nitrogens with zero attached hydrogens (tertiary/aromatic N) is 4. The Balaban J connectivity index is 1.42. The molecule has 8 nitrogen and oxygen atoms in total. The van der Waals surface area contributed by atoms with Gasteiger partial charge < -0.3 is 19.3 Å². The first-order valence-corrected chi connectivity index (χ1v) is 10.8. The summed E-state index contributed by atoms with van der Waals surface area (Å²) in [7, 11) is 0. The van der Waals surface area contributed by atoms with Crippen LogP contribution >= 0.6 is 0 Å². The topological polar surface area (TPSA) is 102 Å². The van der Waals surface area contributed by atoms with Gasteiger partial charge in [-0.1, -0.05) is 5.16 Å². The highest BCUT2D eigenvalue weighted by molar-refractivity contribution is 5.94.